The molecule has 0 amide bonds. The summed E-state index contributed by atoms with van der Waals surface area (Å²) >= 11 is 0. The Balaban J connectivity index is 1.88. The van der Waals surface area contributed by atoms with Gasteiger partial charge >= 0.3 is 0 Å². The van der Waals surface area contributed by atoms with E-state index in [0.717, 1.165) is 27.4 Å². The Kier molecular flexibility index (Phi) is 3.98. The summed E-state index contributed by atoms with van der Waals surface area (Å²) in [5.74, 6) is 0.0588. The average molecular weight is 387 g/mol. The molecule has 2 heterocycles. The standard InChI is InChI=1S/C23H15F2N3O/c1-29-18-10-11-21-19(12-18)23-20(13-26-21)22(14-2-4-15(24)5-3-14)27-28(23)17-8-6-16(25)7-9-17/h2-13H,1H3. The van der Waals surface area contributed by atoms with Crippen LogP contribution in [0.2, 0.25) is 0 Å². The summed E-state index contributed by atoms with van der Waals surface area (Å²) in [7, 11) is 1.61. The number of ether oxygens (including phenoxy) is 1. The molecule has 3 aromatic carbocycles. The van der Waals surface area contributed by atoms with E-state index < -0.39 is 0 Å². The Morgan fingerprint density at radius 1 is 0.828 bits per heavy atom. The van der Waals surface area contributed by atoms with Crippen LogP contribution in [-0.4, -0.2) is 21.9 Å². The second kappa shape index (κ2) is 6.67. The summed E-state index contributed by atoms with van der Waals surface area (Å²) in [5.41, 5.74) is 3.75. The van der Waals surface area contributed by atoms with Crippen molar-refractivity contribution in [3.8, 4) is 22.7 Å². The Labute approximate surface area is 165 Å². The lowest BCUT2D eigenvalue weighted by atomic mass is 10.1. The number of rotatable bonds is 3. The summed E-state index contributed by atoms with van der Waals surface area (Å²) in [4.78, 5) is 4.57. The minimum absolute atomic E-state index is 0.315. The first kappa shape index (κ1) is 17.3. The van der Waals surface area contributed by atoms with Crippen LogP contribution < -0.4 is 4.74 Å². The number of hydrogen-bond donors (Lipinski definition) is 0. The van der Waals surface area contributed by atoms with E-state index in [9.17, 15) is 8.78 Å². The van der Waals surface area contributed by atoms with Gasteiger partial charge in [0.15, 0.2) is 0 Å². The number of hydrogen-bond acceptors (Lipinski definition) is 3. The first-order valence-corrected chi connectivity index (χ1v) is 9.01. The van der Waals surface area contributed by atoms with Gasteiger partial charge in [0.05, 0.1) is 23.8 Å². The van der Waals surface area contributed by atoms with Crippen LogP contribution in [0.5, 0.6) is 5.75 Å². The highest BCUT2D eigenvalue weighted by molar-refractivity contribution is 6.09. The molecular weight excluding hydrogens is 372 g/mol. The molecule has 5 rings (SSSR count). The van der Waals surface area contributed by atoms with E-state index in [-0.39, 0.29) is 11.6 Å². The number of halogens is 2. The van der Waals surface area contributed by atoms with Crippen molar-refractivity contribution in [1.29, 1.82) is 0 Å². The van der Waals surface area contributed by atoms with Crippen molar-refractivity contribution in [3.63, 3.8) is 0 Å². The predicted octanol–water partition coefficient (Wildman–Crippen LogP) is 5.53. The van der Waals surface area contributed by atoms with Crippen LogP contribution in [0.25, 0.3) is 38.8 Å². The topological polar surface area (TPSA) is 39.9 Å². The van der Waals surface area contributed by atoms with Crippen molar-refractivity contribution in [3.05, 3.63) is 84.6 Å². The van der Waals surface area contributed by atoms with Crippen LogP contribution in [0.15, 0.2) is 72.9 Å². The molecule has 0 N–H and O–H groups in total. The molecule has 2 aromatic heterocycles. The van der Waals surface area contributed by atoms with Crippen LogP contribution in [0.3, 0.4) is 0 Å². The molecule has 5 aromatic rings. The van der Waals surface area contributed by atoms with Gasteiger partial charge in [0, 0.05) is 22.5 Å². The SMILES string of the molecule is COc1ccc2ncc3c(-c4ccc(F)cc4)nn(-c4ccc(F)cc4)c3c2c1. The largest absolute Gasteiger partial charge is 0.497 e. The number of benzene rings is 3. The van der Waals surface area contributed by atoms with E-state index in [2.05, 4.69) is 4.98 Å². The number of fused-ring (bicyclic) bond motifs is 3. The first-order chi connectivity index (χ1) is 14.1. The molecule has 0 bridgehead atoms. The second-order valence-electron chi connectivity index (χ2n) is 6.65. The molecule has 0 radical (unpaired) electrons. The normalized spacial score (nSPS) is 11.3. The lowest BCUT2D eigenvalue weighted by Gasteiger charge is -2.07. The molecule has 0 saturated heterocycles. The average Bonchev–Trinajstić information content (AvgIpc) is 3.14. The highest BCUT2D eigenvalue weighted by Gasteiger charge is 2.17. The zero-order valence-electron chi connectivity index (χ0n) is 15.4. The molecule has 0 fully saturated rings. The van der Waals surface area contributed by atoms with Crippen LogP contribution >= 0.6 is 0 Å². The molecular formula is C23H15F2N3O. The van der Waals surface area contributed by atoms with E-state index in [1.54, 1.807) is 42.3 Å². The van der Waals surface area contributed by atoms with Crippen molar-refractivity contribution in [2.24, 2.45) is 0 Å². The number of aromatic nitrogens is 3. The van der Waals surface area contributed by atoms with Crippen LogP contribution in [0.1, 0.15) is 0 Å². The van der Waals surface area contributed by atoms with Crippen LogP contribution in [0.4, 0.5) is 8.78 Å². The van der Waals surface area contributed by atoms with Gasteiger partial charge in [-0.05, 0) is 66.7 Å². The van der Waals surface area contributed by atoms with E-state index >= 15 is 0 Å². The Hall–Kier alpha value is -3.80. The van der Waals surface area contributed by atoms with Gasteiger partial charge in [0.25, 0.3) is 0 Å². The maximum absolute atomic E-state index is 13.5. The van der Waals surface area contributed by atoms with Crippen molar-refractivity contribution in [2.45, 2.75) is 0 Å². The second-order valence-corrected chi connectivity index (χ2v) is 6.65. The molecule has 4 nitrogen and oxygen atoms in total. The van der Waals surface area contributed by atoms with Crippen LogP contribution in [-0.2, 0) is 0 Å². The number of nitrogens with zero attached hydrogens (tertiary/aromatic N) is 3. The van der Waals surface area contributed by atoms with Gasteiger partial charge in [0.1, 0.15) is 23.1 Å². The minimum Gasteiger partial charge on any atom is -0.497 e. The summed E-state index contributed by atoms with van der Waals surface area (Å²) in [6.07, 6.45) is 1.76. The predicted molar refractivity (Wildman–Crippen MR) is 108 cm³/mol. The van der Waals surface area contributed by atoms with E-state index in [0.29, 0.717) is 17.1 Å². The van der Waals surface area contributed by atoms with Crippen molar-refractivity contribution in [2.75, 3.05) is 7.11 Å². The molecule has 29 heavy (non-hydrogen) atoms. The third kappa shape index (κ3) is 2.89. The van der Waals surface area contributed by atoms with Crippen molar-refractivity contribution in [1.82, 2.24) is 14.8 Å². The minimum atomic E-state index is -0.322. The third-order valence-corrected chi connectivity index (χ3v) is 4.90. The van der Waals surface area contributed by atoms with Gasteiger partial charge in [-0.3, -0.25) is 4.98 Å². The van der Waals surface area contributed by atoms with Gasteiger partial charge in [-0.15, -0.1) is 0 Å². The smallest absolute Gasteiger partial charge is 0.123 e. The Morgan fingerprint density at radius 3 is 2.21 bits per heavy atom. The summed E-state index contributed by atoms with van der Waals surface area (Å²) in [5, 5.41) is 6.45. The van der Waals surface area contributed by atoms with Gasteiger partial charge in [0.2, 0.25) is 0 Å². The maximum Gasteiger partial charge on any atom is 0.123 e. The molecule has 6 heteroatoms. The van der Waals surface area contributed by atoms with E-state index in [1.807, 2.05) is 18.2 Å². The fourth-order valence-electron chi connectivity index (χ4n) is 3.48. The van der Waals surface area contributed by atoms with Gasteiger partial charge in [-0.25, -0.2) is 13.5 Å². The third-order valence-electron chi connectivity index (χ3n) is 4.90. The molecule has 0 saturated carbocycles. The maximum atomic E-state index is 13.5. The molecule has 142 valence electrons. The molecule has 0 atom stereocenters. The van der Waals surface area contributed by atoms with E-state index in [4.69, 9.17) is 9.84 Å². The van der Waals surface area contributed by atoms with Gasteiger partial charge in [-0.2, -0.15) is 5.10 Å². The first-order valence-electron chi connectivity index (χ1n) is 9.01. The van der Waals surface area contributed by atoms with Gasteiger partial charge in [-0.1, -0.05) is 0 Å². The fourth-order valence-corrected chi connectivity index (χ4v) is 3.48. The highest BCUT2D eigenvalue weighted by Crippen LogP contribution is 2.35. The zero-order valence-corrected chi connectivity index (χ0v) is 15.4. The molecule has 0 aliphatic heterocycles. The quantitative estimate of drug-likeness (QED) is 0.409. The summed E-state index contributed by atoms with van der Waals surface area (Å²) in [6, 6.07) is 17.9. The summed E-state index contributed by atoms with van der Waals surface area (Å²) in [6.45, 7) is 0. The Morgan fingerprint density at radius 2 is 1.52 bits per heavy atom. The lowest BCUT2D eigenvalue weighted by Crippen LogP contribution is -1.97. The number of pyridine rings is 1. The van der Waals surface area contributed by atoms with Crippen molar-refractivity contribution >= 4 is 21.8 Å². The fraction of sp³-hybridized carbons (Fsp3) is 0.0435. The molecule has 0 aliphatic carbocycles. The molecule has 0 aliphatic rings. The van der Waals surface area contributed by atoms with Crippen molar-refractivity contribution < 1.29 is 13.5 Å². The van der Waals surface area contributed by atoms with E-state index in [1.165, 1.54) is 24.3 Å². The monoisotopic (exact) mass is 387 g/mol. The highest BCUT2D eigenvalue weighted by atomic mass is 19.1. The zero-order chi connectivity index (χ0) is 20.0. The molecule has 0 spiro atoms. The molecule has 0 unspecified atom stereocenters. The Bertz CT molecular complexity index is 1340. The number of methoxy groups -OCH3 is 1. The lowest BCUT2D eigenvalue weighted by molar-refractivity contribution is 0.415. The summed E-state index contributed by atoms with van der Waals surface area (Å²) < 4.78 is 34.1. The van der Waals surface area contributed by atoms with Crippen LogP contribution in [0, 0.1) is 11.6 Å². The van der Waals surface area contributed by atoms with Gasteiger partial charge < -0.3 is 4.74 Å².